The second-order valence-electron chi connectivity index (χ2n) is 6.57. The van der Waals surface area contributed by atoms with Gasteiger partial charge in [0.2, 0.25) is 0 Å². The highest BCUT2D eigenvalue weighted by Crippen LogP contribution is 2.39. The zero-order chi connectivity index (χ0) is 16.4. The molecule has 0 aromatic heterocycles. The molecule has 1 saturated heterocycles. The lowest BCUT2D eigenvalue weighted by Crippen LogP contribution is -2.55. The number of likely N-dealkylation sites (tertiary alicyclic amines) is 1. The molecular weight excluding hydrogens is 290 g/mol. The molecule has 2 aromatic rings. The molecule has 0 radical (unpaired) electrons. The van der Waals surface area contributed by atoms with Crippen molar-refractivity contribution >= 4 is 0 Å². The number of phenols is 1. The third-order valence-electron chi connectivity index (χ3n) is 4.65. The Kier molecular flexibility index (Phi) is 4.39. The Labute approximate surface area is 136 Å². The molecule has 0 bridgehead atoms. The number of aliphatic hydroxyl groups is 2. The molecule has 4 nitrogen and oxygen atoms in total. The van der Waals surface area contributed by atoms with Crippen LogP contribution in [0, 0.1) is 0 Å². The Balaban J connectivity index is 1.92. The fraction of sp³-hybridized carbons (Fsp3) is 0.368. The summed E-state index contributed by atoms with van der Waals surface area (Å²) in [6.45, 7) is 2.67. The fourth-order valence-electron chi connectivity index (χ4n) is 3.32. The average molecular weight is 313 g/mol. The Morgan fingerprint density at radius 1 is 1.09 bits per heavy atom. The second-order valence-corrected chi connectivity index (χ2v) is 6.57. The number of aliphatic hydroxyl groups excluding tert-OH is 1. The summed E-state index contributed by atoms with van der Waals surface area (Å²) in [6.07, 6.45) is -0.434. The number of piperidine rings is 1. The highest BCUT2D eigenvalue weighted by atomic mass is 16.3. The number of hydrogen-bond donors (Lipinski definition) is 3. The van der Waals surface area contributed by atoms with E-state index in [0.717, 1.165) is 11.1 Å². The van der Waals surface area contributed by atoms with Crippen LogP contribution in [0.25, 0.3) is 0 Å². The van der Waals surface area contributed by atoms with E-state index in [-0.39, 0.29) is 11.8 Å². The molecule has 0 amide bonds. The Morgan fingerprint density at radius 2 is 1.74 bits per heavy atom. The van der Waals surface area contributed by atoms with E-state index in [1.54, 1.807) is 19.1 Å². The topological polar surface area (TPSA) is 63.9 Å². The van der Waals surface area contributed by atoms with Crippen LogP contribution in [0.2, 0.25) is 0 Å². The highest BCUT2D eigenvalue weighted by Gasteiger charge is 2.42. The summed E-state index contributed by atoms with van der Waals surface area (Å²) in [4.78, 5) is 2.12. The fourth-order valence-corrected chi connectivity index (χ4v) is 3.32. The zero-order valence-corrected chi connectivity index (χ0v) is 13.3. The van der Waals surface area contributed by atoms with Gasteiger partial charge in [-0.3, -0.25) is 4.90 Å². The van der Waals surface area contributed by atoms with Crippen LogP contribution in [0.15, 0.2) is 54.6 Å². The Morgan fingerprint density at radius 3 is 2.43 bits per heavy atom. The van der Waals surface area contributed by atoms with Gasteiger partial charge in [0, 0.05) is 24.7 Å². The first kappa shape index (κ1) is 16.0. The third kappa shape index (κ3) is 3.39. The minimum absolute atomic E-state index is 0.133. The van der Waals surface area contributed by atoms with Crippen molar-refractivity contribution in [2.24, 2.45) is 0 Å². The number of benzene rings is 2. The average Bonchev–Trinajstić information content (AvgIpc) is 2.52. The van der Waals surface area contributed by atoms with Gasteiger partial charge in [-0.2, -0.15) is 0 Å². The Bertz CT molecular complexity index is 657. The van der Waals surface area contributed by atoms with E-state index in [1.165, 1.54) is 0 Å². The molecule has 0 spiro atoms. The summed E-state index contributed by atoms with van der Waals surface area (Å²) in [7, 11) is 0. The molecule has 1 heterocycles. The third-order valence-corrected chi connectivity index (χ3v) is 4.65. The normalized spacial score (nSPS) is 28.7. The number of aromatic hydroxyl groups is 1. The van der Waals surface area contributed by atoms with Crippen LogP contribution in [0.4, 0.5) is 0 Å². The number of nitrogens with zero attached hydrogens (tertiary/aromatic N) is 1. The first-order chi connectivity index (χ1) is 11.0. The Hall–Kier alpha value is -1.88. The van der Waals surface area contributed by atoms with Crippen LogP contribution in [0.3, 0.4) is 0 Å². The summed E-state index contributed by atoms with van der Waals surface area (Å²) in [5, 5.41) is 30.9. The lowest BCUT2D eigenvalue weighted by Gasteiger charge is -2.46. The van der Waals surface area contributed by atoms with Crippen molar-refractivity contribution in [1.82, 2.24) is 4.90 Å². The molecule has 0 saturated carbocycles. The SMILES string of the molecule is CC1(O)CN(Cc2ccccc2)C(c2ccccc2O)CC1O. The van der Waals surface area contributed by atoms with E-state index >= 15 is 0 Å². The van der Waals surface area contributed by atoms with Crippen molar-refractivity contribution in [2.45, 2.75) is 37.6 Å². The number of rotatable bonds is 3. The van der Waals surface area contributed by atoms with E-state index in [1.807, 2.05) is 42.5 Å². The lowest BCUT2D eigenvalue weighted by molar-refractivity contribution is -0.129. The highest BCUT2D eigenvalue weighted by molar-refractivity contribution is 5.35. The van der Waals surface area contributed by atoms with Gasteiger partial charge in [-0.15, -0.1) is 0 Å². The van der Waals surface area contributed by atoms with Gasteiger partial charge in [0.15, 0.2) is 0 Å². The van der Waals surface area contributed by atoms with Gasteiger partial charge >= 0.3 is 0 Å². The number of β-amino-alcohol motifs (C(OH)–C–C–N with tert-alkyl or cyclic N) is 1. The summed E-state index contributed by atoms with van der Waals surface area (Å²) >= 11 is 0. The summed E-state index contributed by atoms with van der Waals surface area (Å²) < 4.78 is 0. The van der Waals surface area contributed by atoms with Gasteiger partial charge in [0.25, 0.3) is 0 Å². The molecule has 4 heteroatoms. The number of hydrogen-bond acceptors (Lipinski definition) is 4. The molecule has 1 fully saturated rings. The standard InChI is InChI=1S/C19H23NO3/c1-19(23)13-20(12-14-7-3-2-4-8-14)16(11-18(19)22)15-9-5-6-10-17(15)21/h2-10,16,18,21-23H,11-13H2,1H3. The summed E-state index contributed by atoms with van der Waals surface area (Å²) in [5.41, 5.74) is 0.772. The van der Waals surface area contributed by atoms with Gasteiger partial charge in [-0.25, -0.2) is 0 Å². The predicted molar refractivity (Wildman–Crippen MR) is 88.9 cm³/mol. The van der Waals surface area contributed by atoms with Crippen LogP contribution in [0.1, 0.15) is 30.5 Å². The van der Waals surface area contributed by atoms with Crippen molar-refractivity contribution in [2.75, 3.05) is 6.54 Å². The lowest BCUT2D eigenvalue weighted by atomic mass is 9.84. The maximum Gasteiger partial charge on any atom is 0.120 e. The molecule has 3 N–H and O–H groups in total. The molecule has 1 aliphatic rings. The van der Waals surface area contributed by atoms with E-state index in [4.69, 9.17) is 0 Å². The van der Waals surface area contributed by atoms with E-state index in [2.05, 4.69) is 4.90 Å². The first-order valence-electron chi connectivity index (χ1n) is 7.94. The monoisotopic (exact) mass is 313 g/mol. The molecule has 2 aromatic carbocycles. The van der Waals surface area contributed by atoms with Crippen LogP contribution in [0.5, 0.6) is 5.75 Å². The minimum Gasteiger partial charge on any atom is -0.508 e. The molecule has 1 aliphatic heterocycles. The quantitative estimate of drug-likeness (QED) is 0.814. The van der Waals surface area contributed by atoms with Gasteiger partial charge in [0.05, 0.1) is 6.10 Å². The second kappa shape index (κ2) is 6.32. The molecule has 23 heavy (non-hydrogen) atoms. The van der Waals surface area contributed by atoms with Crippen LogP contribution in [-0.2, 0) is 6.54 Å². The minimum atomic E-state index is -1.16. The molecule has 3 rings (SSSR count). The molecule has 3 atom stereocenters. The zero-order valence-electron chi connectivity index (χ0n) is 13.3. The van der Waals surface area contributed by atoms with Crippen LogP contribution < -0.4 is 0 Å². The predicted octanol–water partition coefficient (Wildman–Crippen LogP) is 2.45. The van der Waals surface area contributed by atoms with Crippen molar-refractivity contribution in [3.05, 3.63) is 65.7 Å². The van der Waals surface area contributed by atoms with Crippen molar-refractivity contribution in [3.8, 4) is 5.75 Å². The largest absolute Gasteiger partial charge is 0.508 e. The molecular formula is C19H23NO3. The number of para-hydroxylation sites is 1. The van der Waals surface area contributed by atoms with Crippen LogP contribution in [-0.4, -0.2) is 38.5 Å². The maximum atomic E-state index is 10.5. The maximum absolute atomic E-state index is 10.5. The van der Waals surface area contributed by atoms with Crippen molar-refractivity contribution in [1.29, 1.82) is 0 Å². The van der Waals surface area contributed by atoms with Gasteiger partial charge in [0.1, 0.15) is 11.4 Å². The van der Waals surface area contributed by atoms with E-state index in [9.17, 15) is 15.3 Å². The van der Waals surface area contributed by atoms with E-state index in [0.29, 0.717) is 19.5 Å². The van der Waals surface area contributed by atoms with Gasteiger partial charge in [-0.05, 0) is 25.0 Å². The molecule has 122 valence electrons. The summed E-state index contributed by atoms with van der Waals surface area (Å²) in [5.74, 6) is 0.226. The van der Waals surface area contributed by atoms with Crippen molar-refractivity contribution < 1.29 is 15.3 Å². The molecule has 3 unspecified atom stereocenters. The van der Waals surface area contributed by atoms with Gasteiger partial charge in [-0.1, -0.05) is 48.5 Å². The molecule has 0 aliphatic carbocycles. The van der Waals surface area contributed by atoms with Crippen LogP contribution >= 0.6 is 0 Å². The smallest absolute Gasteiger partial charge is 0.120 e. The van der Waals surface area contributed by atoms with Gasteiger partial charge < -0.3 is 15.3 Å². The van der Waals surface area contributed by atoms with Crippen molar-refractivity contribution in [3.63, 3.8) is 0 Å². The van der Waals surface area contributed by atoms with E-state index < -0.39 is 11.7 Å². The number of phenolic OH excluding ortho intramolecular Hbond substituents is 1. The summed E-state index contributed by atoms with van der Waals surface area (Å²) in [6, 6.07) is 17.1. The first-order valence-corrected chi connectivity index (χ1v) is 7.94.